The molecule has 0 amide bonds. The fourth-order valence-electron chi connectivity index (χ4n) is 2.87. The normalized spacial score (nSPS) is 13.9. The highest BCUT2D eigenvalue weighted by molar-refractivity contribution is 6.32. The Hall–Kier alpha value is -3.44. The molecule has 0 fully saturated rings. The third-order valence-electron chi connectivity index (χ3n) is 4.41. The summed E-state index contributed by atoms with van der Waals surface area (Å²) in [6.07, 6.45) is 1.26. The number of hydrogen-bond acceptors (Lipinski definition) is 4. The van der Waals surface area contributed by atoms with Crippen molar-refractivity contribution in [3.63, 3.8) is 0 Å². The number of ketones is 1. The summed E-state index contributed by atoms with van der Waals surface area (Å²) in [6.45, 7) is 1.92. The monoisotopic (exact) mass is 408 g/mol. The summed E-state index contributed by atoms with van der Waals surface area (Å²) in [4.78, 5) is 24.8. The van der Waals surface area contributed by atoms with Crippen molar-refractivity contribution in [1.29, 1.82) is 0 Å². The molecule has 0 unspecified atom stereocenters. The van der Waals surface area contributed by atoms with Crippen molar-refractivity contribution < 1.29 is 23.5 Å². The molecule has 1 aliphatic rings. The Balaban J connectivity index is 1.58. The predicted octanol–water partition coefficient (Wildman–Crippen LogP) is 5.62. The zero-order chi connectivity index (χ0) is 20.5. The lowest BCUT2D eigenvalue weighted by atomic mass is 10.1. The van der Waals surface area contributed by atoms with Crippen molar-refractivity contribution in [1.82, 2.24) is 0 Å². The smallest absolute Gasteiger partial charge is 0.343 e. The molecule has 0 N–H and O–H groups in total. The lowest BCUT2D eigenvalue weighted by Crippen LogP contribution is -2.08. The van der Waals surface area contributed by atoms with E-state index < -0.39 is 17.6 Å². The molecule has 144 valence electrons. The second kappa shape index (κ2) is 7.53. The highest BCUT2D eigenvalue weighted by atomic mass is 35.5. The zero-order valence-electron chi connectivity index (χ0n) is 15.2. The number of allylic oxidation sites excluding steroid dienone is 1. The summed E-state index contributed by atoms with van der Waals surface area (Å²) in [5.74, 6) is -1.10. The van der Waals surface area contributed by atoms with Crippen LogP contribution in [0, 0.1) is 12.7 Å². The molecule has 3 aromatic carbocycles. The lowest BCUT2D eigenvalue weighted by Gasteiger charge is -2.06. The second-order valence-corrected chi connectivity index (χ2v) is 6.90. The fourth-order valence-corrected chi connectivity index (χ4v) is 3.08. The van der Waals surface area contributed by atoms with Crippen molar-refractivity contribution in [2.24, 2.45) is 0 Å². The largest absolute Gasteiger partial charge is 0.452 e. The van der Waals surface area contributed by atoms with E-state index in [-0.39, 0.29) is 27.8 Å². The quantitative estimate of drug-likeness (QED) is 0.320. The van der Waals surface area contributed by atoms with Gasteiger partial charge in [0.15, 0.2) is 5.76 Å². The van der Waals surface area contributed by atoms with Gasteiger partial charge >= 0.3 is 5.97 Å². The molecule has 0 spiro atoms. The van der Waals surface area contributed by atoms with Gasteiger partial charge in [0.1, 0.15) is 17.3 Å². The summed E-state index contributed by atoms with van der Waals surface area (Å²) in [5, 5.41) is 0.164. The van der Waals surface area contributed by atoms with Crippen molar-refractivity contribution in [3.05, 3.63) is 99.5 Å². The first-order chi connectivity index (χ1) is 13.9. The second-order valence-electron chi connectivity index (χ2n) is 6.49. The first-order valence-corrected chi connectivity index (χ1v) is 9.11. The van der Waals surface area contributed by atoms with Crippen LogP contribution in [0.2, 0.25) is 5.02 Å². The first-order valence-electron chi connectivity index (χ1n) is 8.73. The highest BCUT2D eigenvalue weighted by Crippen LogP contribution is 2.36. The summed E-state index contributed by atoms with van der Waals surface area (Å²) in [6, 6.07) is 15.7. The predicted molar refractivity (Wildman–Crippen MR) is 107 cm³/mol. The summed E-state index contributed by atoms with van der Waals surface area (Å²) >= 11 is 6.01. The van der Waals surface area contributed by atoms with Crippen LogP contribution in [0.3, 0.4) is 0 Å². The van der Waals surface area contributed by atoms with Crippen LogP contribution in [0.15, 0.2) is 66.4 Å². The Labute approximate surface area is 171 Å². The molecule has 0 atom stereocenters. The minimum atomic E-state index is -0.565. The van der Waals surface area contributed by atoms with Crippen LogP contribution in [0.25, 0.3) is 6.08 Å². The summed E-state index contributed by atoms with van der Waals surface area (Å²) < 4.78 is 24.9. The van der Waals surface area contributed by atoms with Gasteiger partial charge in [-0.25, -0.2) is 9.18 Å². The average molecular weight is 409 g/mol. The molecule has 0 aromatic heterocycles. The number of benzene rings is 3. The number of ether oxygens (including phenoxy) is 2. The lowest BCUT2D eigenvalue weighted by molar-refractivity contribution is 0.0734. The van der Waals surface area contributed by atoms with Gasteiger partial charge in [0.05, 0.1) is 16.1 Å². The summed E-state index contributed by atoms with van der Waals surface area (Å²) in [7, 11) is 0. The third-order valence-corrected chi connectivity index (χ3v) is 4.74. The van der Waals surface area contributed by atoms with E-state index in [1.54, 1.807) is 12.1 Å². The van der Waals surface area contributed by atoms with Gasteiger partial charge in [0.25, 0.3) is 0 Å². The molecule has 0 aliphatic carbocycles. The molecule has 3 aromatic rings. The van der Waals surface area contributed by atoms with Crippen LogP contribution in [-0.4, -0.2) is 11.8 Å². The Morgan fingerprint density at radius 2 is 1.86 bits per heavy atom. The molecule has 0 saturated carbocycles. The molecule has 6 heteroatoms. The maximum atomic E-state index is 14.0. The maximum Gasteiger partial charge on any atom is 0.343 e. The Morgan fingerprint density at radius 1 is 1.10 bits per heavy atom. The standard InChI is InChI=1S/C23H14ClFO4/c1-13-5-7-14(8-6-13)23(27)28-15-9-10-16-20(11-15)29-21(22(16)26)12-17-18(24)3-2-4-19(17)25/h2-12H,1H3/b21-12+. The van der Waals surface area contributed by atoms with Crippen LogP contribution >= 0.6 is 11.6 Å². The van der Waals surface area contributed by atoms with Crippen molar-refractivity contribution in [3.8, 4) is 11.5 Å². The molecule has 0 radical (unpaired) electrons. The van der Waals surface area contributed by atoms with Crippen LogP contribution in [-0.2, 0) is 0 Å². The molecule has 0 bridgehead atoms. The van der Waals surface area contributed by atoms with Gasteiger partial charge < -0.3 is 9.47 Å². The van der Waals surface area contributed by atoms with E-state index in [2.05, 4.69) is 0 Å². The molecule has 29 heavy (non-hydrogen) atoms. The van der Waals surface area contributed by atoms with Gasteiger partial charge in [-0.1, -0.05) is 35.4 Å². The van der Waals surface area contributed by atoms with Gasteiger partial charge in [-0.15, -0.1) is 0 Å². The number of esters is 1. The number of rotatable bonds is 3. The SMILES string of the molecule is Cc1ccc(C(=O)Oc2ccc3c(c2)O/C(=C/c2c(F)cccc2Cl)C3=O)cc1. The van der Waals surface area contributed by atoms with E-state index in [0.717, 1.165) is 5.56 Å². The van der Waals surface area contributed by atoms with Crippen LogP contribution < -0.4 is 9.47 Å². The minimum Gasteiger partial charge on any atom is -0.452 e. The Kier molecular flexibility index (Phi) is 4.91. The number of carbonyl (C=O) groups is 2. The Morgan fingerprint density at radius 3 is 2.59 bits per heavy atom. The van der Waals surface area contributed by atoms with Crippen LogP contribution in [0.1, 0.15) is 31.8 Å². The van der Waals surface area contributed by atoms with Gasteiger partial charge in [0.2, 0.25) is 5.78 Å². The number of aryl methyl sites for hydroxylation is 1. The van der Waals surface area contributed by atoms with Crippen molar-refractivity contribution >= 4 is 29.4 Å². The molecule has 4 nitrogen and oxygen atoms in total. The van der Waals surface area contributed by atoms with Gasteiger partial charge in [0, 0.05) is 11.6 Å². The third kappa shape index (κ3) is 3.77. The molecule has 1 heterocycles. The number of hydrogen-bond donors (Lipinski definition) is 0. The number of fused-ring (bicyclic) bond motifs is 1. The van der Waals surface area contributed by atoms with Crippen molar-refractivity contribution in [2.75, 3.05) is 0 Å². The van der Waals surface area contributed by atoms with E-state index in [9.17, 15) is 14.0 Å². The van der Waals surface area contributed by atoms with Gasteiger partial charge in [-0.05, 0) is 49.4 Å². The first kappa shape index (κ1) is 18.9. The fraction of sp³-hybridized carbons (Fsp3) is 0.0435. The van der Waals surface area contributed by atoms with E-state index in [4.69, 9.17) is 21.1 Å². The average Bonchev–Trinajstić information content (AvgIpc) is 3.00. The Bertz CT molecular complexity index is 1150. The number of Topliss-reactive ketones (excluding diaryl/α,β-unsaturated/α-hetero) is 1. The van der Waals surface area contributed by atoms with Crippen LogP contribution in [0.5, 0.6) is 11.5 Å². The van der Waals surface area contributed by atoms with Crippen LogP contribution in [0.4, 0.5) is 4.39 Å². The molecule has 4 rings (SSSR count). The van der Waals surface area contributed by atoms with Gasteiger partial charge in [-0.3, -0.25) is 4.79 Å². The van der Waals surface area contributed by atoms with Crippen molar-refractivity contribution in [2.45, 2.75) is 6.92 Å². The minimum absolute atomic E-state index is 0.0611. The van der Waals surface area contributed by atoms with E-state index >= 15 is 0 Å². The molecular formula is C23H14ClFO4. The summed E-state index contributed by atoms with van der Waals surface area (Å²) in [5.41, 5.74) is 1.79. The molecular weight excluding hydrogens is 395 g/mol. The van der Waals surface area contributed by atoms with E-state index in [1.807, 2.05) is 19.1 Å². The van der Waals surface area contributed by atoms with E-state index in [0.29, 0.717) is 11.1 Å². The maximum absolute atomic E-state index is 14.0. The highest BCUT2D eigenvalue weighted by Gasteiger charge is 2.28. The zero-order valence-corrected chi connectivity index (χ0v) is 16.0. The van der Waals surface area contributed by atoms with E-state index in [1.165, 1.54) is 42.5 Å². The number of carbonyl (C=O) groups excluding carboxylic acids is 2. The number of halogens is 2. The van der Waals surface area contributed by atoms with Gasteiger partial charge in [-0.2, -0.15) is 0 Å². The molecule has 1 aliphatic heterocycles. The molecule has 0 saturated heterocycles. The topological polar surface area (TPSA) is 52.6 Å².